The lowest BCUT2D eigenvalue weighted by molar-refractivity contribution is -0.127. The minimum Gasteiger partial charge on any atom is -0.394 e. The second-order valence-electron chi connectivity index (χ2n) is 3.69. The molecule has 5 heteroatoms. The number of carbonyl (C=O) groups excluding carboxylic acids is 1. The highest BCUT2D eigenvalue weighted by molar-refractivity contribution is 5.85. The van der Waals surface area contributed by atoms with Crippen molar-refractivity contribution in [3.8, 4) is 0 Å². The van der Waals surface area contributed by atoms with Crippen LogP contribution in [0.5, 0.6) is 0 Å². The molecular weight excluding hydrogens is 184 g/mol. The Kier molecular flexibility index (Phi) is 5.68. The zero-order valence-corrected chi connectivity index (χ0v) is 9.00. The molecule has 0 bridgehead atoms. The van der Waals surface area contributed by atoms with Gasteiger partial charge in [-0.2, -0.15) is 0 Å². The summed E-state index contributed by atoms with van der Waals surface area (Å²) in [6.07, 6.45) is 0. The van der Waals surface area contributed by atoms with Gasteiger partial charge in [0.1, 0.15) is 0 Å². The Hall–Kier alpha value is -0.650. The van der Waals surface area contributed by atoms with Gasteiger partial charge in [-0.3, -0.25) is 4.79 Å². The smallest absolute Gasteiger partial charge is 0.240 e. The van der Waals surface area contributed by atoms with Gasteiger partial charge in [-0.05, 0) is 20.4 Å². The van der Waals surface area contributed by atoms with Crippen molar-refractivity contribution in [2.45, 2.75) is 32.4 Å². The van der Waals surface area contributed by atoms with Crippen molar-refractivity contribution in [2.24, 2.45) is 0 Å². The van der Waals surface area contributed by atoms with E-state index in [-0.39, 0.29) is 19.1 Å². The predicted molar refractivity (Wildman–Crippen MR) is 53.9 cm³/mol. The predicted octanol–water partition coefficient (Wildman–Crippen LogP) is -1.16. The standard InChI is InChI=1S/C9H20N2O3/c1-4-10-9(2,3)8(14)11-7(5-12)6-13/h7,10,12-13H,4-6H2,1-3H3,(H,11,14). The fourth-order valence-corrected chi connectivity index (χ4v) is 1.04. The number of aliphatic hydroxyl groups is 2. The summed E-state index contributed by atoms with van der Waals surface area (Å²) in [6, 6.07) is -0.583. The number of hydrogen-bond acceptors (Lipinski definition) is 4. The highest BCUT2D eigenvalue weighted by atomic mass is 16.3. The van der Waals surface area contributed by atoms with E-state index < -0.39 is 11.6 Å². The number of likely N-dealkylation sites (N-methyl/N-ethyl adjacent to an activating group) is 1. The summed E-state index contributed by atoms with van der Waals surface area (Å²) in [5.41, 5.74) is -0.683. The molecule has 0 aliphatic rings. The van der Waals surface area contributed by atoms with Crippen molar-refractivity contribution in [3.05, 3.63) is 0 Å². The number of nitrogens with one attached hydrogen (secondary N) is 2. The molecule has 0 aromatic carbocycles. The molecule has 0 atom stereocenters. The second kappa shape index (κ2) is 5.95. The third-order valence-corrected chi connectivity index (χ3v) is 1.96. The van der Waals surface area contributed by atoms with Gasteiger partial charge < -0.3 is 20.8 Å². The Bertz CT molecular complexity index is 179. The molecule has 0 spiro atoms. The average molecular weight is 204 g/mol. The molecule has 0 aliphatic carbocycles. The molecule has 5 nitrogen and oxygen atoms in total. The number of hydrogen-bond donors (Lipinski definition) is 4. The molecule has 0 saturated heterocycles. The first-order valence-corrected chi connectivity index (χ1v) is 4.75. The van der Waals surface area contributed by atoms with E-state index in [1.807, 2.05) is 6.92 Å². The number of carbonyl (C=O) groups is 1. The lowest BCUT2D eigenvalue weighted by Gasteiger charge is -2.26. The van der Waals surface area contributed by atoms with Gasteiger partial charge in [0, 0.05) is 0 Å². The van der Waals surface area contributed by atoms with E-state index in [0.717, 1.165) is 0 Å². The third kappa shape index (κ3) is 4.04. The topological polar surface area (TPSA) is 81.6 Å². The van der Waals surface area contributed by atoms with Crippen LogP contribution in [0, 0.1) is 0 Å². The Labute approximate surface area is 84.5 Å². The van der Waals surface area contributed by atoms with Crippen molar-refractivity contribution in [2.75, 3.05) is 19.8 Å². The fraction of sp³-hybridized carbons (Fsp3) is 0.889. The van der Waals surface area contributed by atoms with Gasteiger partial charge in [-0.15, -0.1) is 0 Å². The average Bonchev–Trinajstić information content (AvgIpc) is 2.13. The molecule has 0 aromatic rings. The SMILES string of the molecule is CCNC(C)(C)C(=O)NC(CO)CO. The summed E-state index contributed by atoms with van der Waals surface area (Å²) < 4.78 is 0. The first-order valence-electron chi connectivity index (χ1n) is 4.75. The van der Waals surface area contributed by atoms with E-state index in [0.29, 0.717) is 6.54 Å². The Morgan fingerprint density at radius 3 is 2.21 bits per heavy atom. The van der Waals surface area contributed by atoms with Gasteiger partial charge in [0.25, 0.3) is 0 Å². The molecule has 1 amide bonds. The first-order chi connectivity index (χ1) is 6.47. The molecule has 0 unspecified atom stereocenters. The van der Waals surface area contributed by atoms with Gasteiger partial charge in [0.15, 0.2) is 0 Å². The van der Waals surface area contributed by atoms with Gasteiger partial charge in [-0.25, -0.2) is 0 Å². The highest BCUT2D eigenvalue weighted by Gasteiger charge is 2.27. The Morgan fingerprint density at radius 1 is 1.36 bits per heavy atom. The van der Waals surface area contributed by atoms with E-state index in [9.17, 15) is 4.79 Å². The Balaban J connectivity index is 4.17. The van der Waals surface area contributed by atoms with Crippen molar-refractivity contribution < 1.29 is 15.0 Å². The maximum atomic E-state index is 11.6. The van der Waals surface area contributed by atoms with Gasteiger partial charge in [0.05, 0.1) is 24.8 Å². The molecule has 14 heavy (non-hydrogen) atoms. The maximum absolute atomic E-state index is 11.6. The molecule has 0 fully saturated rings. The molecule has 0 aromatic heterocycles. The van der Waals surface area contributed by atoms with Crippen molar-refractivity contribution >= 4 is 5.91 Å². The Morgan fingerprint density at radius 2 is 1.86 bits per heavy atom. The van der Waals surface area contributed by atoms with Crippen LogP contribution in [0.1, 0.15) is 20.8 Å². The van der Waals surface area contributed by atoms with Crippen LogP contribution in [0.4, 0.5) is 0 Å². The third-order valence-electron chi connectivity index (χ3n) is 1.96. The molecule has 0 heterocycles. The normalized spacial score (nSPS) is 11.9. The first kappa shape index (κ1) is 13.4. The van der Waals surface area contributed by atoms with Crippen LogP contribution in [0.15, 0.2) is 0 Å². The molecule has 0 saturated carbocycles. The number of amides is 1. The van der Waals surface area contributed by atoms with E-state index in [1.54, 1.807) is 13.8 Å². The van der Waals surface area contributed by atoms with Crippen molar-refractivity contribution in [3.63, 3.8) is 0 Å². The van der Waals surface area contributed by atoms with Crippen LogP contribution in [0.25, 0.3) is 0 Å². The number of aliphatic hydroxyl groups excluding tert-OH is 2. The molecular formula is C9H20N2O3. The molecule has 0 rings (SSSR count). The van der Waals surface area contributed by atoms with E-state index in [2.05, 4.69) is 10.6 Å². The molecule has 4 N–H and O–H groups in total. The summed E-state index contributed by atoms with van der Waals surface area (Å²) >= 11 is 0. The van der Waals surface area contributed by atoms with Crippen molar-refractivity contribution in [1.29, 1.82) is 0 Å². The minimum absolute atomic E-state index is 0.229. The maximum Gasteiger partial charge on any atom is 0.240 e. The lowest BCUT2D eigenvalue weighted by atomic mass is 10.0. The molecule has 84 valence electrons. The van der Waals surface area contributed by atoms with Crippen LogP contribution in [0.3, 0.4) is 0 Å². The highest BCUT2D eigenvalue weighted by Crippen LogP contribution is 2.01. The van der Waals surface area contributed by atoms with Crippen molar-refractivity contribution in [1.82, 2.24) is 10.6 Å². The minimum atomic E-state index is -0.683. The summed E-state index contributed by atoms with van der Waals surface area (Å²) in [7, 11) is 0. The van der Waals surface area contributed by atoms with Crippen LogP contribution < -0.4 is 10.6 Å². The quantitative estimate of drug-likeness (QED) is 0.440. The summed E-state index contributed by atoms with van der Waals surface area (Å²) in [5.74, 6) is -0.229. The largest absolute Gasteiger partial charge is 0.394 e. The monoisotopic (exact) mass is 204 g/mol. The fourth-order valence-electron chi connectivity index (χ4n) is 1.04. The van der Waals surface area contributed by atoms with Crippen LogP contribution in [-0.2, 0) is 4.79 Å². The zero-order chi connectivity index (χ0) is 11.2. The van der Waals surface area contributed by atoms with E-state index in [4.69, 9.17) is 10.2 Å². The second-order valence-corrected chi connectivity index (χ2v) is 3.69. The summed E-state index contributed by atoms with van der Waals surface area (Å²) in [5, 5.41) is 23.1. The molecule has 0 radical (unpaired) electrons. The van der Waals surface area contributed by atoms with Crippen LogP contribution >= 0.6 is 0 Å². The van der Waals surface area contributed by atoms with Crippen LogP contribution in [-0.4, -0.2) is 47.5 Å². The summed E-state index contributed by atoms with van der Waals surface area (Å²) in [4.78, 5) is 11.6. The lowest BCUT2D eigenvalue weighted by Crippen LogP contribution is -2.56. The molecule has 0 aliphatic heterocycles. The van der Waals surface area contributed by atoms with Gasteiger partial charge in [-0.1, -0.05) is 6.92 Å². The van der Waals surface area contributed by atoms with Crippen LogP contribution in [0.2, 0.25) is 0 Å². The number of rotatable bonds is 6. The van der Waals surface area contributed by atoms with E-state index >= 15 is 0 Å². The summed E-state index contributed by atoms with van der Waals surface area (Å²) in [6.45, 7) is 5.57. The zero-order valence-electron chi connectivity index (χ0n) is 9.00. The van der Waals surface area contributed by atoms with E-state index in [1.165, 1.54) is 0 Å². The van der Waals surface area contributed by atoms with Gasteiger partial charge >= 0.3 is 0 Å². The van der Waals surface area contributed by atoms with Gasteiger partial charge in [0.2, 0.25) is 5.91 Å².